The Bertz CT molecular complexity index is 665. The lowest BCUT2D eigenvalue weighted by Crippen LogP contribution is -2.44. The summed E-state index contributed by atoms with van der Waals surface area (Å²) in [6, 6.07) is 9.70. The Morgan fingerprint density at radius 1 is 1.29 bits per heavy atom. The highest BCUT2D eigenvalue weighted by Gasteiger charge is 2.30. The van der Waals surface area contributed by atoms with Crippen LogP contribution in [0.3, 0.4) is 0 Å². The van der Waals surface area contributed by atoms with Crippen LogP contribution >= 0.6 is 0 Å². The molecule has 6 nitrogen and oxygen atoms in total. The maximum absolute atomic E-state index is 12.1. The third-order valence-corrected chi connectivity index (χ3v) is 4.09. The van der Waals surface area contributed by atoms with Crippen molar-refractivity contribution in [2.45, 2.75) is 40.3 Å². The number of rotatable bonds is 7. The summed E-state index contributed by atoms with van der Waals surface area (Å²) in [6.45, 7) is 8.34. The van der Waals surface area contributed by atoms with E-state index >= 15 is 0 Å². The van der Waals surface area contributed by atoms with Gasteiger partial charge in [0.1, 0.15) is 12.2 Å². The summed E-state index contributed by atoms with van der Waals surface area (Å²) in [5.74, 6) is -0.0100. The first-order valence-electron chi connectivity index (χ1n) is 8.20. The summed E-state index contributed by atoms with van der Waals surface area (Å²) < 4.78 is 1.52. The molecule has 0 aliphatic heterocycles. The summed E-state index contributed by atoms with van der Waals surface area (Å²) in [7, 11) is 0. The Hall–Kier alpha value is -2.21. The highest BCUT2D eigenvalue weighted by molar-refractivity contribution is 5.75. The molecule has 0 saturated heterocycles. The highest BCUT2D eigenvalue weighted by atomic mass is 16.3. The van der Waals surface area contributed by atoms with Crippen LogP contribution in [0.4, 0.5) is 0 Å². The minimum Gasteiger partial charge on any atom is -0.392 e. The third kappa shape index (κ3) is 4.64. The number of benzene rings is 1. The van der Waals surface area contributed by atoms with Crippen molar-refractivity contribution >= 4 is 5.91 Å². The predicted octanol–water partition coefficient (Wildman–Crippen LogP) is 2.10. The number of nitrogens with zero attached hydrogens (tertiary/aromatic N) is 3. The third-order valence-electron chi connectivity index (χ3n) is 4.09. The maximum Gasteiger partial charge on any atom is 0.241 e. The van der Waals surface area contributed by atoms with Gasteiger partial charge in [-0.15, -0.1) is 5.10 Å². The van der Waals surface area contributed by atoms with Crippen LogP contribution in [0.2, 0.25) is 0 Å². The van der Waals surface area contributed by atoms with Crippen molar-refractivity contribution in [2.75, 3.05) is 6.54 Å². The van der Waals surface area contributed by atoms with E-state index in [1.807, 2.05) is 58.0 Å². The molecule has 2 rings (SSSR count). The van der Waals surface area contributed by atoms with Crippen LogP contribution in [0, 0.1) is 11.3 Å². The van der Waals surface area contributed by atoms with Crippen molar-refractivity contribution in [3.63, 3.8) is 0 Å². The van der Waals surface area contributed by atoms with Crippen LogP contribution < -0.4 is 5.32 Å². The maximum atomic E-state index is 12.1. The first-order chi connectivity index (χ1) is 11.3. The molecule has 1 unspecified atom stereocenters. The largest absolute Gasteiger partial charge is 0.392 e. The summed E-state index contributed by atoms with van der Waals surface area (Å²) >= 11 is 0. The zero-order valence-electron chi connectivity index (χ0n) is 14.7. The average Bonchev–Trinajstić information content (AvgIpc) is 3.01. The Kier molecular flexibility index (Phi) is 5.72. The lowest BCUT2D eigenvalue weighted by atomic mass is 9.81. The first kappa shape index (κ1) is 18.1. The molecule has 0 aliphatic rings. The van der Waals surface area contributed by atoms with Crippen LogP contribution in [-0.2, 0) is 11.3 Å². The number of hydrogen-bond acceptors (Lipinski definition) is 4. The molecule has 0 saturated carbocycles. The van der Waals surface area contributed by atoms with Gasteiger partial charge in [-0.2, -0.15) is 0 Å². The predicted molar refractivity (Wildman–Crippen MR) is 93.1 cm³/mol. The van der Waals surface area contributed by atoms with Gasteiger partial charge < -0.3 is 10.4 Å². The van der Waals surface area contributed by atoms with Crippen molar-refractivity contribution in [1.82, 2.24) is 20.3 Å². The Morgan fingerprint density at radius 3 is 2.58 bits per heavy atom. The topological polar surface area (TPSA) is 80.0 Å². The molecule has 24 heavy (non-hydrogen) atoms. The smallest absolute Gasteiger partial charge is 0.241 e. The molecule has 0 radical (unpaired) electrons. The molecule has 130 valence electrons. The summed E-state index contributed by atoms with van der Waals surface area (Å²) in [5.41, 5.74) is 1.31. The second-order valence-corrected chi connectivity index (χ2v) is 7.12. The fourth-order valence-corrected chi connectivity index (χ4v) is 2.65. The van der Waals surface area contributed by atoms with Crippen LogP contribution in [0.25, 0.3) is 11.3 Å². The number of carbonyl (C=O) groups excluding carboxylic acids is 1. The molecule has 0 aliphatic carbocycles. The van der Waals surface area contributed by atoms with Crippen LogP contribution in [0.5, 0.6) is 0 Å². The van der Waals surface area contributed by atoms with Crippen molar-refractivity contribution in [1.29, 1.82) is 0 Å². The molecule has 1 aromatic heterocycles. The monoisotopic (exact) mass is 330 g/mol. The van der Waals surface area contributed by atoms with E-state index in [0.717, 1.165) is 11.3 Å². The molecule has 6 heteroatoms. The van der Waals surface area contributed by atoms with E-state index in [9.17, 15) is 9.90 Å². The van der Waals surface area contributed by atoms with Gasteiger partial charge in [0.05, 0.1) is 12.3 Å². The zero-order chi connectivity index (χ0) is 17.7. The van der Waals surface area contributed by atoms with Crippen LogP contribution in [0.15, 0.2) is 36.5 Å². The fourth-order valence-electron chi connectivity index (χ4n) is 2.65. The lowest BCUT2D eigenvalue weighted by molar-refractivity contribution is -0.122. The van der Waals surface area contributed by atoms with Crippen molar-refractivity contribution < 1.29 is 9.90 Å². The number of aliphatic hydroxyl groups excluding tert-OH is 1. The molecule has 1 heterocycles. The Balaban J connectivity index is 1.90. The number of aliphatic hydroxyl groups is 1. The van der Waals surface area contributed by atoms with Crippen molar-refractivity contribution in [3.05, 3.63) is 36.5 Å². The van der Waals surface area contributed by atoms with Crippen LogP contribution in [-0.4, -0.2) is 38.7 Å². The molecule has 0 spiro atoms. The number of carbonyl (C=O) groups is 1. The number of aromatic nitrogens is 3. The van der Waals surface area contributed by atoms with Gasteiger partial charge in [0.25, 0.3) is 0 Å². The number of hydrogen-bond donors (Lipinski definition) is 2. The second-order valence-electron chi connectivity index (χ2n) is 7.12. The normalized spacial score (nSPS) is 13.1. The zero-order valence-corrected chi connectivity index (χ0v) is 14.7. The van der Waals surface area contributed by atoms with Crippen LogP contribution in [0.1, 0.15) is 27.7 Å². The Morgan fingerprint density at radius 2 is 1.96 bits per heavy atom. The van der Waals surface area contributed by atoms with Crippen molar-refractivity contribution in [2.24, 2.45) is 11.3 Å². The molecular weight excluding hydrogens is 304 g/mol. The van der Waals surface area contributed by atoms with Gasteiger partial charge in [-0.1, -0.05) is 63.2 Å². The minimum atomic E-state index is -0.478. The van der Waals surface area contributed by atoms with Gasteiger partial charge in [0.15, 0.2) is 0 Å². The van der Waals surface area contributed by atoms with E-state index < -0.39 is 6.10 Å². The fraction of sp³-hybridized carbons (Fsp3) is 0.500. The Labute approximate surface area is 142 Å². The highest BCUT2D eigenvalue weighted by Crippen LogP contribution is 2.25. The molecule has 1 amide bonds. The second kappa shape index (κ2) is 7.57. The van der Waals surface area contributed by atoms with E-state index in [1.165, 1.54) is 4.68 Å². The van der Waals surface area contributed by atoms with E-state index in [2.05, 4.69) is 15.6 Å². The molecule has 0 fully saturated rings. The SMILES string of the molecule is CC(C)C(O)C(C)(C)CNC(=O)Cn1cc(-c2ccccc2)nn1. The quantitative estimate of drug-likeness (QED) is 0.815. The molecule has 2 N–H and O–H groups in total. The van der Waals surface area contributed by atoms with Gasteiger partial charge in [-0.3, -0.25) is 4.79 Å². The standard InChI is InChI=1S/C18H26N4O2/c1-13(2)17(24)18(3,4)12-19-16(23)11-22-10-15(20-21-22)14-8-6-5-7-9-14/h5-10,13,17,24H,11-12H2,1-4H3,(H,19,23). The van der Waals surface area contributed by atoms with Gasteiger partial charge in [-0.05, 0) is 5.92 Å². The number of amides is 1. The average molecular weight is 330 g/mol. The summed E-state index contributed by atoms with van der Waals surface area (Å²) in [5, 5.41) is 21.2. The molecule has 1 aromatic carbocycles. The molecule has 1 atom stereocenters. The summed E-state index contributed by atoms with van der Waals surface area (Å²) in [4.78, 5) is 12.1. The first-order valence-corrected chi connectivity index (χ1v) is 8.20. The van der Waals surface area contributed by atoms with Gasteiger partial charge >= 0.3 is 0 Å². The van der Waals surface area contributed by atoms with E-state index in [-0.39, 0.29) is 23.8 Å². The van der Waals surface area contributed by atoms with Gasteiger partial charge in [0.2, 0.25) is 5.91 Å². The molecular formula is C18H26N4O2. The number of nitrogens with one attached hydrogen (secondary N) is 1. The van der Waals surface area contributed by atoms with Gasteiger partial charge in [0, 0.05) is 17.5 Å². The minimum absolute atomic E-state index is 0.105. The van der Waals surface area contributed by atoms with E-state index in [1.54, 1.807) is 6.20 Å². The molecule has 2 aromatic rings. The van der Waals surface area contributed by atoms with E-state index in [0.29, 0.717) is 6.54 Å². The molecule has 0 bridgehead atoms. The van der Waals surface area contributed by atoms with E-state index in [4.69, 9.17) is 0 Å². The lowest BCUT2D eigenvalue weighted by Gasteiger charge is -2.33. The van der Waals surface area contributed by atoms with Crippen molar-refractivity contribution in [3.8, 4) is 11.3 Å². The van der Waals surface area contributed by atoms with Gasteiger partial charge in [-0.25, -0.2) is 4.68 Å². The summed E-state index contributed by atoms with van der Waals surface area (Å²) in [6.07, 6.45) is 1.28.